The maximum Gasteiger partial charge on any atom is 0.152 e. The molecular weight excluding hydrogens is 166 g/mol. The van der Waals surface area contributed by atoms with Crippen molar-refractivity contribution in [3.63, 3.8) is 0 Å². The lowest BCUT2D eigenvalue weighted by Gasteiger charge is -2.22. The van der Waals surface area contributed by atoms with E-state index in [0.717, 1.165) is 0 Å². The molecule has 0 fully saturated rings. The van der Waals surface area contributed by atoms with Crippen LogP contribution in [0, 0.1) is 0 Å². The summed E-state index contributed by atoms with van der Waals surface area (Å²) < 4.78 is 4.91. The fourth-order valence-electron chi connectivity index (χ4n) is 0.741. The van der Waals surface area contributed by atoms with Gasteiger partial charge in [0.15, 0.2) is 5.76 Å². The highest BCUT2D eigenvalue weighted by Gasteiger charge is 2.22. The number of thiocarbonyl (C=S) groups is 1. The summed E-state index contributed by atoms with van der Waals surface area (Å²) in [6.45, 7) is 0.0321. The van der Waals surface area contributed by atoms with Gasteiger partial charge in [-0.1, -0.05) is 12.2 Å². The van der Waals surface area contributed by atoms with Gasteiger partial charge in [0.05, 0.1) is 0 Å². The van der Waals surface area contributed by atoms with Gasteiger partial charge in [0.1, 0.15) is 23.8 Å². The van der Waals surface area contributed by atoms with Gasteiger partial charge in [-0.25, -0.2) is 0 Å². The molecule has 2 atom stereocenters. The Morgan fingerprint density at radius 3 is 2.82 bits per heavy atom. The topological polar surface area (TPSA) is 75.7 Å². The average molecular weight is 175 g/mol. The monoisotopic (exact) mass is 175 g/mol. The maximum absolute atomic E-state index is 9.08. The third-order valence-corrected chi connectivity index (χ3v) is 1.57. The smallest absolute Gasteiger partial charge is 0.152 e. The number of hydrogen-bond donors (Lipinski definition) is 3. The van der Waals surface area contributed by atoms with Crippen molar-refractivity contribution in [2.45, 2.75) is 12.2 Å². The van der Waals surface area contributed by atoms with Crippen LogP contribution in [0.5, 0.6) is 0 Å². The molecule has 62 valence electrons. The number of rotatable bonds is 1. The minimum absolute atomic E-state index is 0.0321. The highest BCUT2D eigenvalue weighted by Crippen LogP contribution is 2.11. The second kappa shape index (κ2) is 3.17. The van der Waals surface area contributed by atoms with Crippen LogP contribution < -0.4 is 5.73 Å². The summed E-state index contributed by atoms with van der Waals surface area (Å²) in [5.74, 6) is 0.276. The summed E-state index contributed by atoms with van der Waals surface area (Å²) in [5.41, 5.74) is 5.22. The zero-order valence-corrected chi connectivity index (χ0v) is 6.54. The maximum atomic E-state index is 9.08. The van der Waals surface area contributed by atoms with E-state index in [1.54, 1.807) is 0 Å². The van der Waals surface area contributed by atoms with Gasteiger partial charge >= 0.3 is 0 Å². The van der Waals surface area contributed by atoms with Gasteiger partial charge < -0.3 is 20.7 Å². The molecule has 0 radical (unpaired) electrons. The Hall–Kier alpha value is -0.650. The molecule has 0 aliphatic carbocycles. The van der Waals surface area contributed by atoms with E-state index in [-0.39, 0.29) is 17.4 Å². The summed E-state index contributed by atoms with van der Waals surface area (Å²) >= 11 is 4.60. The van der Waals surface area contributed by atoms with E-state index in [1.807, 2.05) is 0 Å². The predicted molar refractivity (Wildman–Crippen MR) is 42.8 cm³/mol. The average Bonchev–Trinajstić information content (AvgIpc) is 1.94. The van der Waals surface area contributed by atoms with Gasteiger partial charge in [0.2, 0.25) is 0 Å². The Morgan fingerprint density at radius 1 is 1.73 bits per heavy atom. The first-order chi connectivity index (χ1) is 5.11. The molecule has 0 aromatic carbocycles. The van der Waals surface area contributed by atoms with Crippen LogP contribution in [-0.4, -0.2) is 34.0 Å². The van der Waals surface area contributed by atoms with E-state index < -0.39 is 12.2 Å². The van der Waals surface area contributed by atoms with Crippen LogP contribution in [0.15, 0.2) is 11.8 Å². The first-order valence-electron chi connectivity index (χ1n) is 3.12. The van der Waals surface area contributed by atoms with E-state index in [4.69, 9.17) is 20.7 Å². The van der Waals surface area contributed by atoms with Crippen molar-refractivity contribution < 1.29 is 14.9 Å². The number of hydrogen-bond acceptors (Lipinski definition) is 4. The lowest BCUT2D eigenvalue weighted by molar-refractivity contribution is -0.0154. The van der Waals surface area contributed by atoms with Crippen LogP contribution >= 0.6 is 12.2 Å². The largest absolute Gasteiger partial charge is 0.488 e. The minimum atomic E-state index is -0.930. The van der Waals surface area contributed by atoms with Crippen LogP contribution in [0.2, 0.25) is 0 Å². The van der Waals surface area contributed by atoms with E-state index in [2.05, 4.69) is 12.2 Å². The van der Waals surface area contributed by atoms with E-state index >= 15 is 0 Å². The molecule has 1 aliphatic rings. The Bertz CT molecular complexity index is 204. The molecule has 0 saturated carbocycles. The summed E-state index contributed by atoms with van der Waals surface area (Å²) in [5, 5.41) is 18.0. The second-order valence-corrected chi connectivity index (χ2v) is 2.70. The molecule has 4 N–H and O–H groups in total. The van der Waals surface area contributed by atoms with E-state index in [1.165, 1.54) is 6.08 Å². The third kappa shape index (κ3) is 1.89. The van der Waals surface area contributed by atoms with Gasteiger partial charge in [-0.15, -0.1) is 0 Å². The van der Waals surface area contributed by atoms with Crippen molar-refractivity contribution in [3.8, 4) is 0 Å². The predicted octanol–water partition coefficient (Wildman–Crippen LogP) is -1.09. The van der Waals surface area contributed by atoms with Crippen molar-refractivity contribution in [2.75, 3.05) is 6.61 Å². The second-order valence-electron chi connectivity index (χ2n) is 2.26. The van der Waals surface area contributed by atoms with Crippen molar-refractivity contribution in [3.05, 3.63) is 11.8 Å². The first-order valence-corrected chi connectivity index (χ1v) is 3.52. The highest BCUT2D eigenvalue weighted by atomic mass is 32.1. The fraction of sp³-hybridized carbons (Fsp3) is 0.500. The Balaban J connectivity index is 2.71. The molecule has 5 heteroatoms. The van der Waals surface area contributed by atoms with Crippen LogP contribution in [0.4, 0.5) is 0 Å². The van der Waals surface area contributed by atoms with Crippen LogP contribution in [0.25, 0.3) is 0 Å². The first kappa shape index (κ1) is 8.45. The standard InChI is InChI=1S/C6H9NO3S/c7-6(11)5-1-3(8)4(9)2-10-5/h1,3-4,8-9H,2H2,(H2,7,11). The van der Waals surface area contributed by atoms with Crippen LogP contribution in [-0.2, 0) is 4.74 Å². The zero-order valence-electron chi connectivity index (χ0n) is 5.73. The summed E-state index contributed by atoms with van der Waals surface area (Å²) in [6.07, 6.45) is -0.510. The molecule has 4 nitrogen and oxygen atoms in total. The van der Waals surface area contributed by atoms with Gasteiger partial charge in [-0.2, -0.15) is 0 Å². The highest BCUT2D eigenvalue weighted by molar-refractivity contribution is 7.80. The quantitative estimate of drug-likeness (QED) is 0.441. The molecule has 1 aliphatic heterocycles. The van der Waals surface area contributed by atoms with E-state index in [0.29, 0.717) is 0 Å². The van der Waals surface area contributed by atoms with Crippen molar-refractivity contribution in [1.82, 2.24) is 0 Å². The molecule has 0 bridgehead atoms. The number of aliphatic hydroxyl groups excluding tert-OH is 2. The van der Waals surface area contributed by atoms with Crippen molar-refractivity contribution in [2.24, 2.45) is 5.73 Å². The third-order valence-electron chi connectivity index (χ3n) is 1.37. The van der Waals surface area contributed by atoms with Crippen molar-refractivity contribution >= 4 is 17.2 Å². The van der Waals surface area contributed by atoms with Crippen LogP contribution in [0.3, 0.4) is 0 Å². The number of ether oxygens (including phenoxy) is 1. The Morgan fingerprint density at radius 2 is 2.36 bits per heavy atom. The minimum Gasteiger partial charge on any atom is -0.488 e. The normalized spacial score (nSPS) is 30.5. The van der Waals surface area contributed by atoms with Gasteiger partial charge in [0.25, 0.3) is 0 Å². The SMILES string of the molecule is NC(=S)C1=CC(O)C(O)CO1. The van der Waals surface area contributed by atoms with Gasteiger partial charge in [-0.05, 0) is 6.08 Å². The van der Waals surface area contributed by atoms with Crippen LogP contribution in [0.1, 0.15) is 0 Å². The lowest BCUT2D eigenvalue weighted by atomic mass is 10.1. The molecule has 1 heterocycles. The molecule has 0 aromatic rings. The van der Waals surface area contributed by atoms with Crippen molar-refractivity contribution in [1.29, 1.82) is 0 Å². The molecule has 0 saturated heterocycles. The summed E-state index contributed by atoms with van der Waals surface area (Å²) in [7, 11) is 0. The molecule has 1 rings (SSSR count). The van der Waals surface area contributed by atoms with Gasteiger partial charge in [-0.3, -0.25) is 0 Å². The summed E-state index contributed by atoms with van der Waals surface area (Å²) in [6, 6.07) is 0. The molecular formula is C6H9NO3S. The Kier molecular flexibility index (Phi) is 2.43. The number of nitrogens with two attached hydrogens (primary N) is 1. The number of aliphatic hydroxyl groups is 2. The van der Waals surface area contributed by atoms with Gasteiger partial charge in [0, 0.05) is 0 Å². The molecule has 11 heavy (non-hydrogen) atoms. The Labute approximate surface area is 69.3 Å². The molecule has 0 aromatic heterocycles. The molecule has 0 spiro atoms. The lowest BCUT2D eigenvalue weighted by Crippen LogP contribution is -2.35. The molecule has 0 amide bonds. The summed E-state index contributed by atoms with van der Waals surface area (Å²) in [4.78, 5) is 0.0935. The van der Waals surface area contributed by atoms with E-state index in [9.17, 15) is 0 Å². The zero-order chi connectivity index (χ0) is 8.43. The molecule has 2 unspecified atom stereocenters. The fourth-order valence-corrected chi connectivity index (χ4v) is 0.868.